The molecule has 1 N–H and O–H groups in total. The first-order chi connectivity index (χ1) is 12.5. The molecule has 0 aromatic heterocycles. The first-order valence-electron chi connectivity index (χ1n) is 9.89. The molecular weight excluding hydrogens is 596 g/mol. The van der Waals surface area contributed by atoms with Crippen LogP contribution in [-0.2, 0) is 25.8 Å². The number of halogens is 2. The minimum Gasteiger partial charge on any atom is -1.00 e. The van der Waals surface area contributed by atoms with Gasteiger partial charge in [0.25, 0.3) is 0 Å². The second kappa shape index (κ2) is 18.4. The van der Waals surface area contributed by atoms with Gasteiger partial charge in [0, 0.05) is 15.1 Å². The molecule has 1 aromatic rings. The average molecular weight is 634 g/mol. The summed E-state index contributed by atoms with van der Waals surface area (Å²) in [5.74, 6) is 0.564. The SMILES string of the molecule is CC(C)c1cccc(C(C)C)c1C([NH-])=O.CC1=[C-]C(C)C(C)=C1C.C[SiH]C.[Cl-].[Cl-].[Hf+4]. The second-order valence-electron chi connectivity index (χ2n) is 7.83. The van der Waals surface area contributed by atoms with Crippen LogP contribution in [0.15, 0.2) is 34.9 Å². The summed E-state index contributed by atoms with van der Waals surface area (Å²) in [5, 5.41) is 0. The van der Waals surface area contributed by atoms with Crippen LogP contribution in [0.4, 0.5) is 0 Å². The van der Waals surface area contributed by atoms with Gasteiger partial charge in [-0.25, -0.2) is 5.57 Å². The second-order valence-corrected chi connectivity index (χ2v) is 8.98. The van der Waals surface area contributed by atoms with Crippen LogP contribution in [0.1, 0.15) is 88.7 Å². The molecule has 0 bridgehead atoms. The number of hydrogen-bond acceptors (Lipinski definition) is 1. The number of allylic oxidation sites excluding steroid dienone is 4. The molecule has 1 radical (unpaired) electrons. The monoisotopic (exact) mass is 634 g/mol. The summed E-state index contributed by atoms with van der Waals surface area (Å²) >= 11 is 0. The number of carbonyl (C=O) groups excluding carboxylic acids is 1. The number of carbonyl (C=O) groups is 1. The summed E-state index contributed by atoms with van der Waals surface area (Å²) in [7, 11) is 0.750. The van der Waals surface area contributed by atoms with Gasteiger partial charge in [-0.3, -0.25) is 6.08 Å². The Kier molecular flexibility index (Phi) is 22.8. The number of hydrogen-bond donors (Lipinski definition) is 0. The van der Waals surface area contributed by atoms with Crippen molar-refractivity contribution >= 4 is 15.4 Å². The van der Waals surface area contributed by atoms with Crippen molar-refractivity contribution in [1.82, 2.24) is 0 Å². The van der Waals surface area contributed by atoms with Crippen LogP contribution in [-0.4, -0.2) is 15.4 Å². The molecule has 0 saturated carbocycles. The molecule has 30 heavy (non-hydrogen) atoms. The molecule has 2 nitrogen and oxygen atoms in total. The summed E-state index contributed by atoms with van der Waals surface area (Å²) in [6, 6.07) is 5.85. The van der Waals surface area contributed by atoms with Crippen molar-refractivity contribution < 1.29 is 55.5 Å². The maximum absolute atomic E-state index is 11.4. The Balaban J connectivity index is -0.000000195. The van der Waals surface area contributed by atoms with Gasteiger partial charge >= 0.3 is 25.8 Å². The molecule has 1 amide bonds. The van der Waals surface area contributed by atoms with E-state index in [1.165, 1.54) is 16.7 Å². The van der Waals surface area contributed by atoms with Gasteiger partial charge in [0.15, 0.2) is 0 Å². The van der Waals surface area contributed by atoms with E-state index in [9.17, 15) is 4.79 Å². The Morgan fingerprint density at radius 1 is 1.00 bits per heavy atom. The quantitative estimate of drug-likeness (QED) is 0.367. The van der Waals surface area contributed by atoms with Gasteiger partial charge in [0.1, 0.15) is 0 Å². The summed E-state index contributed by atoms with van der Waals surface area (Å²) in [6.07, 6.45) is 3.36. The van der Waals surface area contributed by atoms with E-state index < -0.39 is 5.91 Å². The van der Waals surface area contributed by atoms with Crippen LogP contribution in [0.5, 0.6) is 0 Å². The van der Waals surface area contributed by atoms with E-state index in [-0.39, 0.29) is 62.5 Å². The van der Waals surface area contributed by atoms with Crippen LogP contribution in [0, 0.1) is 12.0 Å². The summed E-state index contributed by atoms with van der Waals surface area (Å²) in [4.78, 5) is 11.4. The smallest absolute Gasteiger partial charge is 1.00 e. The molecule has 0 aliphatic heterocycles. The zero-order chi connectivity index (χ0) is 21.3. The van der Waals surface area contributed by atoms with E-state index >= 15 is 0 Å². The van der Waals surface area contributed by atoms with Crippen molar-refractivity contribution in [3.63, 3.8) is 0 Å². The molecule has 167 valence electrons. The van der Waals surface area contributed by atoms with Gasteiger partial charge in [0.2, 0.25) is 0 Å². The predicted octanol–water partition coefficient (Wildman–Crippen LogP) is 1.37. The van der Waals surface area contributed by atoms with E-state index in [0.29, 0.717) is 11.5 Å². The van der Waals surface area contributed by atoms with E-state index in [1.54, 1.807) is 0 Å². The van der Waals surface area contributed by atoms with Crippen molar-refractivity contribution in [2.24, 2.45) is 5.92 Å². The summed E-state index contributed by atoms with van der Waals surface area (Å²) in [6.45, 7) is 21.3. The molecular formula is C24H38Cl2HfNOSi. The molecule has 1 aromatic carbocycles. The topological polar surface area (TPSA) is 40.9 Å². The molecule has 0 saturated heterocycles. The van der Waals surface area contributed by atoms with E-state index in [4.69, 9.17) is 5.73 Å². The van der Waals surface area contributed by atoms with Crippen LogP contribution in [0.2, 0.25) is 13.1 Å². The Labute approximate surface area is 219 Å². The Hall–Kier alpha value is -0.163. The fourth-order valence-corrected chi connectivity index (χ4v) is 2.97. The zero-order valence-electron chi connectivity index (χ0n) is 20.2. The first kappa shape index (κ1) is 37.2. The molecule has 1 atom stereocenters. The summed E-state index contributed by atoms with van der Waals surface area (Å²) < 4.78 is 0. The molecule has 1 aliphatic rings. The first-order valence-corrected chi connectivity index (χ1v) is 12.2. The number of amides is 1. The van der Waals surface area contributed by atoms with Crippen molar-refractivity contribution in [3.05, 3.63) is 63.4 Å². The maximum atomic E-state index is 11.4. The van der Waals surface area contributed by atoms with E-state index in [1.807, 2.05) is 45.9 Å². The molecule has 1 unspecified atom stereocenters. The van der Waals surface area contributed by atoms with Crippen LogP contribution < -0.4 is 24.8 Å². The molecule has 0 spiro atoms. The van der Waals surface area contributed by atoms with Gasteiger partial charge in [-0.1, -0.05) is 85.7 Å². The van der Waals surface area contributed by atoms with E-state index in [2.05, 4.69) is 46.9 Å². The third-order valence-corrected chi connectivity index (χ3v) is 4.84. The average Bonchev–Trinajstić information content (AvgIpc) is 2.81. The predicted molar refractivity (Wildman–Crippen MR) is 122 cm³/mol. The van der Waals surface area contributed by atoms with Gasteiger partial charge in [-0.2, -0.15) is 11.1 Å². The third-order valence-electron chi connectivity index (χ3n) is 4.84. The standard InChI is InChI=1S/C13H19NO.C9H13.C2H7Si.2ClH.Hf/c1-8(2)10-6-5-7-11(9(3)4)12(10)13(14)15;1-6-5-7(2)9(4)8(6)3;1-3-2;;;/h5-9H,1-4H3,(H2,14,15);6H,1-4H3;3H,1-2H3;2*1H;/q;-1;;;;+4/p-3. The number of benzene rings is 1. The van der Waals surface area contributed by atoms with Gasteiger partial charge < -0.3 is 35.3 Å². The minimum atomic E-state index is -0.567. The van der Waals surface area contributed by atoms with Crippen LogP contribution in [0.3, 0.4) is 0 Å². The van der Waals surface area contributed by atoms with Crippen molar-refractivity contribution in [1.29, 1.82) is 0 Å². The van der Waals surface area contributed by atoms with Gasteiger partial charge in [0.05, 0.1) is 5.91 Å². The normalized spacial score (nSPS) is 14.3. The molecule has 0 heterocycles. The third kappa shape index (κ3) is 11.5. The van der Waals surface area contributed by atoms with Gasteiger partial charge in [-0.15, -0.1) is 6.92 Å². The molecule has 1 aliphatic carbocycles. The number of nitrogens with one attached hydrogen (secondary N) is 1. The Morgan fingerprint density at radius 3 is 1.53 bits per heavy atom. The Morgan fingerprint density at radius 2 is 1.37 bits per heavy atom. The number of rotatable bonds is 3. The van der Waals surface area contributed by atoms with Crippen LogP contribution in [0.25, 0.3) is 5.73 Å². The van der Waals surface area contributed by atoms with Crippen LogP contribution >= 0.6 is 0 Å². The van der Waals surface area contributed by atoms with E-state index in [0.717, 1.165) is 20.6 Å². The zero-order valence-corrected chi connectivity index (χ0v) is 26.5. The molecule has 2 rings (SSSR count). The van der Waals surface area contributed by atoms with Crippen molar-refractivity contribution in [3.8, 4) is 0 Å². The molecule has 6 heteroatoms. The summed E-state index contributed by atoms with van der Waals surface area (Å²) in [5.41, 5.74) is 14.2. The largest absolute Gasteiger partial charge is 4.00 e. The molecule has 0 fully saturated rings. The van der Waals surface area contributed by atoms with Gasteiger partial charge in [-0.05, 0) is 23.0 Å². The van der Waals surface area contributed by atoms with Crippen molar-refractivity contribution in [2.75, 3.05) is 0 Å². The fraction of sp³-hybridized carbons (Fsp3) is 0.542. The fourth-order valence-electron chi connectivity index (χ4n) is 2.97. The maximum Gasteiger partial charge on any atom is 4.00 e. The Bertz CT molecular complexity index is 674. The van der Waals surface area contributed by atoms with Crippen molar-refractivity contribution in [2.45, 2.75) is 80.3 Å². The minimum absolute atomic E-state index is 0.